The predicted octanol–water partition coefficient (Wildman–Crippen LogP) is 6.54. The summed E-state index contributed by atoms with van der Waals surface area (Å²) < 4.78 is 1.16. The minimum atomic E-state index is -0.0653. The molecule has 1 amide bonds. The number of carbonyl (C=O) groups is 1. The SMILES string of the molecule is CCCc1c(C(=O)Nc2nc(-c3ccc(C)cc3)cs2)sc2ccccc12. The first-order chi connectivity index (χ1) is 13.2. The summed E-state index contributed by atoms with van der Waals surface area (Å²) in [5.74, 6) is -0.0653. The highest BCUT2D eigenvalue weighted by atomic mass is 32.1. The molecule has 0 aliphatic heterocycles. The van der Waals surface area contributed by atoms with Crippen molar-refractivity contribution in [2.24, 2.45) is 0 Å². The molecule has 27 heavy (non-hydrogen) atoms. The summed E-state index contributed by atoms with van der Waals surface area (Å²) in [6.45, 7) is 4.21. The molecule has 1 N–H and O–H groups in total. The number of hydrogen-bond acceptors (Lipinski definition) is 4. The van der Waals surface area contributed by atoms with Gasteiger partial charge in [-0.3, -0.25) is 10.1 Å². The topological polar surface area (TPSA) is 42.0 Å². The number of rotatable bonds is 5. The summed E-state index contributed by atoms with van der Waals surface area (Å²) in [5, 5.41) is 6.81. The smallest absolute Gasteiger partial charge is 0.267 e. The Morgan fingerprint density at radius 1 is 1.11 bits per heavy atom. The molecule has 5 heteroatoms. The van der Waals surface area contributed by atoms with Crippen molar-refractivity contribution in [3.63, 3.8) is 0 Å². The minimum absolute atomic E-state index is 0.0653. The molecule has 3 nitrogen and oxygen atoms in total. The van der Waals surface area contributed by atoms with Gasteiger partial charge in [-0.05, 0) is 30.4 Å². The van der Waals surface area contributed by atoms with Gasteiger partial charge in [0.05, 0.1) is 10.6 Å². The van der Waals surface area contributed by atoms with Crippen LogP contribution in [0.5, 0.6) is 0 Å². The highest BCUT2D eigenvalue weighted by Gasteiger charge is 2.19. The van der Waals surface area contributed by atoms with Gasteiger partial charge in [0.1, 0.15) is 0 Å². The normalized spacial score (nSPS) is 11.0. The summed E-state index contributed by atoms with van der Waals surface area (Å²) in [6, 6.07) is 16.5. The Balaban J connectivity index is 1.60. The van der Waals surface area contributed by atoms with E-state index in [1.807, 2.05) is 17.5 Å². The first-order valence-electron chi connectivity index (χ1n) is 9.00. The number of aromatic nitrogens is 1. The number of benzene rings is 2. The van der Waals surface area contributed by atoms with Crippen molar-refractivity contribution < 1.29 is 4.79 Å². The standard InChI is InChI=1S/C22H20N2OS2/c1-3-6-17-16-7-4-5-8-19(16)27-20(17)21(25)24-22-23-18(13-26-22)15-11-9-14(2)10-12-15/h4-5,7-13H,3,6H2,1-2H3,(H,23,24,25). The molecule has 0 aliphatic rings. The molecule has 0 atom stereocenters. The van der Waals surface area contributed by atoms with E-state index < -0.39 is 0 Å². The summed E-state index contributed by atoms with van der Waals surface area (Å²) in [7, 11) is 0. The summed E-state index contributed by atoms with van der Waals surface area (Å²) >= 11 is 3.02. The fourth-order valence-electron chi connectivity index (χ4n) is 3.12. The fraction of sp³-hybridized carbons (Fsp3) is 0.182. The van der Waals surface area contributed by atoms with Gasteiger partial charge in [-0.1, -0.05) is 61.4 Å². The van der Waals surface area contributed by atoms with Crippen molar-refractivity contribution >= 4 is 43.8 Å². The number of carbonyl (C=O) groups excluding carboxylic acids is 1. The number of hydrogen-bond donors (Lipinski definition) is 1. The van der Waals surface area contributed by atoms with Crippen LogP contribution >= 0.6 is 22.7 Å². The number of thiophene rings is 1. The Labute approximate surface area is 166 Å². The zero-order chi connectivity index (χ0) is 18.8. The summed E-state index contributed by atoms with van der Waals surface area (Å²) in [6.07, 6.45) is 1.91. The van der Waals surface area contributed by atoms with Crippen molar-refractivity contribution in [2.45, 2.75) is 26.7 Å². The van der Waals surface area contributed by atoms with E-state index in [1.54, 1.807) is 11.3 Å². The molecule has 0 saturated heterocycles. The van der Waals surface area contributed by atoms with Gasteiger partial charge in [-0.15, -0.1) is 22.7 Å². The molecule has 0 spiro atoms. The first-order valence-corrected chi connectivity index (χ1v) is 10.7. The maximum Gasteiger partial charge on any atom is 0.267 e. The zero-order valence-electron chi connectivity index (χ0n) is 15.3. The largest absolute Gasteiger partial charge is 0.297 e. The van der Waals surface area contributed by atoms with Crippen molar-refractivity contribution in [3.8, 4) is 11.3 Å². The molecule has 2 heterocycles. The molecule has 0 saturated carbocycles. The molecule has 0 bridgehead atoms. The van der Waals surface area contributed by atoms with Gasteiger partial charge in [0, 0.05) is 15.6 Å². The van der Waals surface area contributed by atoms with Crippen LogP contribution in [-0.4, -0.2) is 10.9 Å². The molecule has 2 aromatic carbocycles. The Morgan fingerprint density at radius 3 is 2.67 bits per heavy atom. The highest BCUT2D eigenvalue weighted by molar-refractivity contribution is 7.21. The van der Waals surface area contributed by atoms with Crippen LogP contribution in [0.3, 0.4) is 0 Å². The lowest BCUT2D eigenvalue weighted by Gasteiger charge is -2.03. The van der Waals surface area contributed by atoms with Crippen LogP contribution in [0.1, 0.15) is 34.1 Å². The number of aryl methyl sites for hydroxylation is 2. The second kappa shape index (κ2) is 7.62. The zero-order valence-corrected chi connectivity index (χ0v) is 16.9. The number of nitrogens with zero attached hydrogens (tertiary/aromatic N) is 1. The van der Waals surface area contributed by atoms with E-state index in [-0.39, 0.29) is 5.91 Å². The molecule has 0 radical (unpaired) electrons. The fourth-order valence-corrected chi connectivity index (χ4v) is 4.98. The third kappa shape index (κ3) is 3.66. The highest BCUT2D eigenvalue weighted by Crippen LogP contribution is 2.33. The lowest BCUT2D eigenvalue weighted by atomic mass is 10.1. The van der Waals surface area contributed by atoms with Crippen LogP contribution in [0.4, 0.5) is 5.13 Å². The van der Waals surface area contributed by atoms with E-state index in [0.29, 0.717) is 5.13 Å². The lowest BCUT2D eigenvalue weighted by molar-refractivity contribution is 0.103. The van der Waals surface area contributed by atoms with Crippen molar-refractivity contribution in [3.05, 3.63) is 69.9 Å². The quantitative estimate of drug-likeness (QED) is 0.419. The maximum atomic E-state index is 12.9. The molecular weight excluding hydrogens is 372 g/mol. The molecule has 4 rings (SSSR count). The Kier molecular flexibility index (Phi) is 5.05. The Hall–Kier alpha value is -2.50. The average molecular weight is 393 g/mol. The predicted molar refractivity (Wildman–Crippen MR) is 116 cm³/mol. The van der Waals surface area contributed by atoms with Gasteiger partial charge in [0.2, 0.25) is 0 Å². The van der Waals surface area contributed by atoms with E-state index in [0.717, 1.165) is 39.2 Å². The summed E-state index contributed by atoms with van der Waals surface area (Å²) in [4.78, 5) is 18.3. The third-order valence-corrected chi connectivity index (χ3v) is 6.45. The van der Waals surface area contributed by atoms with Crippen LogP contribution in [0.15, 0.2) is 53.9 Å². The average Bonchev–Trinajstić information content (AvgIpc) is 3.28. The molecule has 0 aliphatic carbocycles. The molecule has 4 aromatic rings. The number of fused-ring (bicyclic) bond motifs is 1. The molecule has 0 fully saturated rings. The molecular formula is C22H20N2OS2. The first kappa shape index (κ1) is 17.9. The van der Waals surface area contributed by atoms with Crippen LogP contribution in [0, 0.1) is 6.92 Å². The Morgan fingerprint density at radius 2 is 1.89 bits per heavy atom. The maximum absolute atomic E-state index is 12.9. The van der Waals surface area contributed by atoms with Crippen LogP contribution in [0.2, 0.25) is 0 Å². The van der Waals surface area contributed by atoms with Gasteiger partial charge >= 0.3 is 0 Å². The monoisotopic (exact) mass is 392 g/mol. The van der Waals surface area contributed by atoms with Crippen LogP contribution in [0.25, 0.3) is 21.3 Å². The number of nitrogens with one attached hydrogen (secondary N) is 1. The summed E-state index contributed by atoms with van der Waals surface area (Å²) in [5.41, 5.74) is 4.31. The minimum Gasteiger partial charge on any atom is -0.297 e. The van der Waals surface area contributed by atoms with Gasteiger partial charge in [0.15, 0.2) is 5.13 Å². The van der Waals surface area contributed by atoms with Crippen molar-refractivity contribution in [2.75, 3.05) is 5.32 Å². The van der Waals surface area contributed by atoms with Gasteiger partial charge in [-0.25, -0.2) is 4.98 Å². The second-order valence-corrected chi connectivity index (χ2v) is 8.42. The van der Waals surface area contributed by atoms with Crippen LogP contribution in [-0.2, 0) is 6.42 Å². The van der Waals surface area contributed by atoms with E-state index in [1.165, 1.54) is 22.3 Å². The number of amides is 1. The van der Waals surface area contributed by atoms with E-state index in [2.05, 4.69) is 60.5 Å². The van der Waals surface area contributed by atoms with E-state index in [4.69, 9.17) is 0 Å². The number of anilines is 1. The van der Waals surface area contributed by atoms with E-state index >= 15 is 0 Å². The molecule has 0 unspecified atom stereocenters. The second-order valence-electron chi connectivity index (χ2n) is 6.51. The van der Waals surface area contributed by atoms with Gasteiger partial charge in [-0.2, -0.15) is 0 Å². The number of thiazole rings is 1. The van der Waals surface area contributed by atoms with E-state index in [9.17, 15) is 4.79 Å². The Bertz CT molecular complexity index is 1090. The van der Waals surface area contributed by atoms with Crippen LogP contribution < -0.4 is 5.32 Å². The van der Waals surface area contributed by atoms with Crippen molar-refractivity contribution in [1.29, 1.82) is 0 Å². The van der Waals surface area contributed by atoms with Gasteiger partial charge < -0.3 is 0 Å². The van der Waals surface area contributed by atoms with Crippen molar-refractivity contribution in [1.82, 2.24) is 4.98 Å². The third-order valence-electron chi connectivity index (χ3n) is 4.48. The van der Waals surface area contributed by atoms with Gasteiger partial charge in [0.25, 0.3) is 5.91 Å². The molecule has 136 valence electrons. The molecule has 2 aromatic heterocycles. The lowest BCUT2D eigenvalue weighted by Crippen LogP contribution is -2.12.